The zero-order valence-corrected chi connectivity index (χ0v) is 10.6. The van der Waals surface area contributed by atoms with E-state index < -0.39 is 15.4 Å². The maximum atomic E-state index is 11.7. The van der Waals surface area contributed by atoms with Crippen LogP contribution in [-0.4, -0.2) is 38.4 Å². The van der Waals surface area contributed by atoms with Crippen molar-refractivity contribution in [1.82, 2.24) is 5.32 Å². The standard InChI is InChI=1S/C10H20N2O3S/c1-10(11,8-4-5-8)9(13)12-6-3-7-16(2,14)15/h8H,3-7,11H2,1-2H3,(H,12,13). The largest absolute Gasteiger partial charge is 0.354 e. The zero-order chi connectivity index (χ0) is 12.4. The molecule has 1 amide bonds. The minimum absolute atomic E-state index is 0.0952. The summed E-state index contributed by atoms with van der Waals surface area (Å²) in [6.45, 7) is 2.10. The predicted octanol–water partition coefficient (Wildman–Crippen LogP) is -0.335. The van der Waals surface area contributed by atoms with E-state index in [0.29, 0.717) is 13.0 Å². The topological polar surface area (TPSA) is 89.3 Å². The maximum absolute atomic E-state index is 11.7. The van der Waals surface area contributed by atoms with Crippen LogP contribution >= 0.6 is 0 Å². The Balaban J connectivity index is 2.25. The zero-order valence-electron chi connectivity index (χ0n) is 9.82. The van der Waals surface area contributed by atoms with Gasteiger partial charge in [-0.1, -0.05) is 0 Å². The first-order chi connectivity index (χ1) is 7.23. The molecule has 0 aromatic carbocycles. The molecular weight excluding hydrogens is 228 g/mol. The number of carbonyl (C=O) groups is 1. The number of sulfone groups is 1. The Morgan fingerprint density at radius 1 is 1.50 bits per heavy atom. The Morgan fingerprint density at radius 2 is 2.06 bits per heavy atom. The van der Waals surface area contributed by atoms with E-state index >= 15 is 0 Å². The van der Waals surface area contributed by atoms with Crippen molar-refractivity contribution < 1.29 is 13.2 Å². The second-order valence-electron chi connectivity index (χ2n) is 4.80. The van der Waals surface area contributed by atoms with Gasteiger partial charge >= 0.3 is 0 Å². The summed E-state index contributed by atoms with van der Waals surface area (Å²) in [5, 5.41) is 2.69. The van der Waals surface area contributed by atoms with E-state index in [9.17, 15) is 13.2 Å². The van der Waals surface area contributed by atoms with E-state index in [2.05, 4.69) is 5.32 Å². The molecule has 0 bridgehead atoms. The smallest absolute Gasteiger partial charge is 0.240 e. The molecule has 1 saturated carbocycles. The lowest BCUT2D eigenvalue weighted by Gasteiger charge is -2.23. The molecule has 94 valence electrons. The lowest BCUT2D eigenvalue weighted by atomic mass is 9.96. The van der Waals surface area contributed by atoms with Crippen LogP contribution in [0.3, 0.4) is 0 Å². The molecule has 3 N–H and O–H groups in total. The quantitative estimate of drug-likeness (QED) is 0.630. The van der Waals surface area contributed by atoms with Crippen molar-refractivity contribution in [2.45, 2.75) is 31.7 Å². The molecule has 0 aromatic heterocycles. The van der Waals surface area contributed by atoms with Crippen LogP contribution in [0.4, 0.5) is 0 Å². The van der Waals surface area contributed by atoms with E-state index in [1.165, 1.54) is 6.26 Å². The summed E-state index contributed by atoms with van der Waals surface area (Å²) in [6.07, 6.45) is 3.63. The fraction of sp³-hybridized carbons (Fsp3) is 0.900. The van der Waals surface area contributed by atoms with Crippen molar-refractivity contribution in [1.29, 1.82) is 0 Å². The summed E-state index contributed by atoms with van der Waals surface area (Å²) >= 11 is 0. The van der Waals surface area contributed by atoms with Gasteiger partial charge in [-0.05, 0) is 32.1 Å². The van der Waals surface area contributed by atoms with Crippen molar-refractivity contribution in [3.8, 4) is 0 Å². The Hall–Kier alpha value is -0.620. The van der Waals surface area contributed by atoms with Crippen LogP contribution in [0.25, 0.3) is 0 Å². The van der Waals surface area contributed by atoms with Crippen LogP contribution in [0.1, 0.15) is 26.2 Å². The molecule has 0 saturated heterocycles. The van der Waals surface area contributed by atoms with Crippen LogP contribution in [0.15, 0.2) is 0 Å². The molecule has 5 nitrogen and oxygen atoms in total. The maximum Gasteiger partial charge on any atom is 0.240 e. The second-order valence-corrected chi connectivity index (χ2v) is 7.06. The summed E-state index contributed by atoms with van der Waals surface area (Å²) in [7, 11) is -2.94. The Bertz CT molecular complexity index is 358. The molecule has 0 heterocycles. The number of nitrogens with one attached hydrogen (secondary N) is 1. The normalized spacial score (nSPS) is 20.2. The Morgan fingerprint density at radius 3 is 2.50 bits per heavy atom. The summed E-state index contributed by atoms with van der Waals surface area (Å²) in [5.74, 6) is 0.198. The first-order valence-corrected chi connectivity index (χ1v) is 7.54. The molecule has 1 unspecified atom stereocenters. The van der Waals surface area contributed by atoms with E-state index in [1.807, 2.05) is 0 Å². The molecule has 0 aliphatic heterocycles. The van der Waals surface area contributed by atoms with Crippen LogP contribution < -0.4 is 11.1 Å². The van der Waals surface area contributed by atoms with Gasteiger partial charge in [0.2, 0.25) is 5.91 Å². The molecular formula is C10H20N2O3S. The fourth-order valence-corrected chi connectivity index (χ4v) is 2.26. The van der Waals surface area contributed by atoms with Crippen molar-refractivity contribution in [3.05, 3.63) is 0 Å². The van der Waals surface area contributed by atoms with Gasteiger partial charge in [-0.3, -0.25) is 4.79 Å². The molecule has 1 aliphatic carbocycles. The molecule has 0 spiro atoms. The Labute approximate surface area is 96.7 Å². The van der Waals surface area contributed by atoms with E-state index in [4.69, 9.17) is 5.73 Å². The number of hydrogen-bond donors (Lipinski definition) is 2. The monoisotopic (exact) mass is 248 g/mol. The second kappa shape index (κ2) is 4.71. The molecule has 16 heavy (non-hydrogen) atoms. The van der Waals surface area contributed by atoms with E-state index in [0.717, 1.165) is 12.8 Å². The number of nitrogens with two attached hydrogens (primary N) is 1. The van der Waals surface area contributed by atoms with Crippen LogP contribution in [0.2, 0.25) is 0 Å². The number of hydrogen-bond acceptors (Lipinski definition) is 4. The van der Waals surface area contributed by atoms with Gasteiger partial charge in [-0.25, -0.2) is 8.42 Å². The van der Waals surface area contributed by atoms with Gasteiger partial charge in [0.05, 0.1) is 11.3 Å². The highest BCUT2D eigenvalue weighted by Crippen LogP contribution is 2.37. The highest BCUT2D eigenvalue weighted by molar-refractivity contribution is 7.90. The van der Waals surface area contributed by atoms with Crippen LogP contribution in [0, 0.1) is 5.92 Å². The predicted molar refractivity (Wildman–Crippen MR) is 62.7 cm³/mol. The average molecular weight is 248 g/mol. The third kappa shape index (κ3) is 4.09. The van der Waals surface area contributed by atoms with Gasteiger partial charge in [0, 0.05) is 12.8 Å². The minimum atomic E-state index is -2.94. The lowest BCUT2D eigenvalue weighted by molar-refractivity contribution is -0.126. The highest BCUT2D eigenvalue weighted by Gasteiger charge is 2.43. The summed E-state index contributed by atoms with van der Waals surface area (Å²) in [4.78, 5) is 11.7. The SMILES string of the molecule is CC(N)(C(=O)NCCCS(C)(=O)=O)C1CC1. The fourth-order valence-electron chi connectivity index (χ4n) is 1.60. The molecule has 1 aliphatic rings. The van der Waals surface area contributed by atoms with Crippen molar-refractivity contribution in [3.63, 3.8) is 0 Å². The highest BCUT2D eigenvalue weighted by atomic mass is 32.2. The lowest BCUT2D eigenvalue weighted by Crippen LogP contribution is -2.53. The molecule has 0 aromatic rings. The molecule has 1 atom stereocenters. The van der Waals surface area contributed by atoms with Crippen LogP contribution in [0.5, 0.6) is 0 Å². The number of amides is 1. The van der Waals surface area contributed by atoms with Gasteiger partial charge in [0.15, 0.2) is 0 Å². The average Bonchev–Trinajstić information content (AvgIpc) is 2.93. The van der Waals surface area contributed by atoms with Gasteiger partial charge in [-0.15, -0.1) is 0 Å². The molecule has 0 radical (unpaired) electrons. The van der Waals surface area contributed by atoms with Gasteiger partial charge in [-0.2, -0.15) is 0 Å². The van der Waals surface area contributed by atoms with Gasteiger partial charge < -0.3 is 11.1 Å². The first kappa shape index (κ1) is 13.4. The number of carbonyl (C=O) groups excluding carboxylic acids is 1. The first-order valence-electron chi connectivity index (χ1n) is 5.48. The summed E-state index contributed by atoms with van der Waals surface area (Å²) in [5.41, 5.74) is 5.10. The molecule has 1 fully saturated rings. The van der Waals surface area contributed by atoms with Gasteiger partial charge in [0.1, 0.15) is 9.84 Å². The third-order valence-corrected chi connectivity index (χ3v) is 3.92. The van der Waals surface area contributed by atoms with Gasteiger partial charge in [0.25, 0.3) is 0 Å². The van der Waals surface area contributed by atoms with Crippen molar-refractivity contribution in [2.24, 2.45) is 11.7 Å². The molecule has 1 rings (SSSR count). The molecule has 6 heteroatoms. The third-order valence-electron chi connectivity index (χ3n) is 2.89. The van der Waals surface area contributed by atoms with Crippen LogP contribution in [-0.2, 0) is 14.6 Å². The van der Waals surface area contributed by atoms with Crippen molar-refractivity contribution >= 4 is 15.7 Å². The van der Waals surface area contributed by atoms with E-state index in [-0.39, 0.29) is 17.6 Å². The van der Waals surface area contributed by atoms with Crippen molar-refractivity contribution in [2.75, 3.05) is 18.6 Å². The van der Waals surface area contributed by atoms with E-state index in [1.54, 1.807) is 6.92 Å². The summed E-state index contributed by atoms with van der Waals surface area (Å²) < 4.78 is 21.7. The summed E-state index contributed by atoms with van der Waals surface area (Å²) in [6, 6.07) is 0. The minimum Gasteiger partial charge on any atom is -0.354 e. The Kier molecular flexibility index (Phi) is 3.96. The number of rotatable bonds is 6.